The van der Waals surface area contributed by atoms with Gasteiger partial charge in [0.2, 0.25) is 0 Å². The fraction of sp³-hybridized carbons (Fsp3) is 0.432. The molecular weight excluding hydrogens is 564 g/mol. The van der Waals surface area contributed by atoms with Gasteiger partial charge in [0.1, 0.15) is 17.8 Å². The number of aryl methyl sites for hydroxylation is 2. The van der Waals surface area contributed by atoms with E-state index in [1.165, 1.54) is 5.57 Å². The third-order valence-electron chi connectivity index (χ3n) is 11.4. The SMILES string of the molecule is C[C@]12CCC/C(=C\c3ccc4nc5n(c(=O)c4c3)CCC5)[C@@H]1C[C@@H]1/C(=C\c3ccc4nc5n(c(=O)c4c3)CCC5)C(=O)O[C@@H]1C2. The first-order valence-electron chi connectivity index (χ1n) is 16.5. The van der Waals surface area contributed by atoms with E-state index in [9.17, 15) is 14.4 Å². The maximum atomic E-state index is 13.3. The number of carbonyl (C=O) groups excluding carboxylic acids is 1. The summed E-state index contributed by atoms with van der Waals surface area (Å²) in [5.74, 6) is 1.83. The molecule has 3 aliphatic heterocycles. The van der Waals surface area contributed by atoms with Gasteiger partial charge in [0.05, 0.1) is 21.8 Å². The first kappa shape index (κ1) is 27.0. The van der Waals surface area contributed by atoms with Crippen LogP contribution in [-0.2, 0) is 35.5 Å². The zero-order valence-electron chi connectivity index (χ0n) is 25.6. The normalized spacial score (nSPS) is 28.8. The molecule has 5 aliphatic rings. The summed E-state index contributed by atoms with van der Waals surface area (Å²) < 4.78 is 9.66. The maximum absolute atomic E-state index is 13.3. The van der Waals surface area contributed by atoms with Crippen molar-refractivity contribution in [3.8, 4) is 0 Å². The van der Waals surface area contributed by atoms with Crippen LogP contribution in [0.4, 0.5) is 0 Å². The molecule has 4 atom stereocenters. The molecule has 0 spiro atoms. The number of ether oxygens (including phenoxy) is 1. The first-order valence-corrected chi connectivity index (χ1v) is 16.5. The van der Waals surface area contributed by atoms with Gasteiger partial charge in [-0.25, -0.2) is 14.8 Å². The molecule has 45 heavy (non-hydrogen) atoms. The number of benzene rings is 2. The van der Waals surface area contributed by atoms with E-state index in [1.807, 2.05) is 41.0 Å². The molecule has 8 heteroatoms. The molecule has 9 rings (SSSR count). The van der Waals surface area contributed by atoms with E-state index < -0.39 is 0 Å². The molecule has 0 unspecified atom stereocenters. The first-order chi connectivity index (χ1) is 21.8. The van der Waals surface area contributed by atoms with E-state index in [0.717, 1.165) is 92.6 Å². The lowest BCUT2D eigenvalue weighted by Gasteiger charge is -2.49. The van der Waals surface area contributed by atoms with Crippen LogP contribution >= 0.6 is 0 Å². The molecule has 2 aliphatic carbocycles. The number of aromatic nitrogens is 4. The highest BCUT2D eigenvalue weighted by atomic mass is 16.6. The fourth-order valence-electron chi connectivity index (χ4n) is 9.10. The van der Waals surface area contributed by atoms with Crippen LogP contribution in [0.2, 0.25) is 0 Å². The Balaban J connectivity index is 1.06. The highest BCUT2D eigenvalue weighted by Gasteiger charge is 2.53. The van der Waals surface area contributed by atoms with Crippen molar-refractivity contribution in [3.63, 3.8) is 0 Å². The molecule has 2 aromatic heterocycles. The number of allylic oxidation sites excluding steroid dienone is 1. The molecular formula is C37H36N4O4. The highest BCUT2D eigenvalue weighted by molar-refractivity contribution is 5.97. The molecule has 4 aromatic rings. The van der Waals surface area contributed by atoms with Gasteiger partial charge in [0.15, 0.2) is 0 Å². The Kier molecular flexibility index (Phi) is 5.90. The van der Waals surface area contributed by atoms with E-state index in [-0.39, 0.29) is 34.5 Å². The number of nitrogens with zero attached hydrogens (tertiary/aromatic N) is 4. The lowest BCUT2D eigenvalue weighted by atomic mass is 9.55. The number of carbonyl (C=O) groups is 1. The Morgan fingerprint density at radius 2 is 1.44 bits per heavy atom. The van der Waals surface area contributed by atoms with Crippen molar-refractivity contribution in [1.82, 2.24) is 19.1 Å². The van der Waals surface area contributed by atoms with Gasteiger partial charge < -0.3 is 4.74 Å². The van der Waals surface area contributed by atoms with Gasteiger partial charge in [-0.1, -0.05) is 30.7 Å². The van der Waals surface area contributed by atoms with Crippen molar-refractivity contribution in [1.29, 1.82) is 0 Å². The summed E-state index contributed by atoms with van der Waals surface area (Å²) in [7, 11) is 0. The van der Waals surface area contributed by atoms with Gasteiger partial charge in [-0.3, -0.25) is 18.7 Å². The summed E-state index contributed by atoms with van der Waals surface area (Å²) in [4.78, 5) is 49.3. The Morgan fingerprint density at radius 1 is 0.822 bits per heavy atom. The Labute approximate surface area is 260 Å². The zero-order valence-corrected chi connectivity index (χ0v) is 25.6. The lowest BCUT2D eigenvalue weighted by molar-refractivity contribution is -0.142. The fourth-order valence-corrected chi connectivity index (χ4v) is 9.10. The van der Waals surface area contributed by atoms with Crippen LogP contribution in [-0.4, -0.2) is 31.2 Å². The molecule has 0 N–H and O–H groups in total. The summed E-state index contributed by atoms with van der Waals surface area (Å²) in [6.45, 7) is 3.82. The highest BCUT2D eigenvalue weighted by Crippen LogP contribution is 2.57. The van der Waals surface area contributed by atoms with Gasteiger partial charge in [0.25, 0.3) is 11.1 Å². The van der Waals surface area contributed by atoms with Gasteiger partial charge in [-0.05, 0) is 97.7 Å². The summed E-state index contributed by atoms with van der Waals surface area (Å²) in [5, 5.41) is 1.29. The number of rotatable bonds is 2. The maximum Gasteiger partial charge on any atom is 0.334 e. The second-order valence-electron chi connectivity index (χ2n) is 14.1. The van der Waals surface area contributed by atoms with Crippen LogP contribution in [0, 0.1) is 17.3 Å². The molecule has 3 fully saturated rings. The second-order valence-corrected chi connectivity index (χ2v) is 14.1. The number of hydrogen-bond donors (Lipinski definition) is 0. The monoisotopic (exact) mass is 600 g/mol. The van der Waals surface area contributed by atoms with Crippen LogP contribution in [0.25, 0.3) is 34.0 Å². The summed E-state index contributed by atoms with van der Waals surface area (Å²) >= 11 is 0. The number of esters is 1. The topological polar surface area (TPSA) is 96.1 Å². The van der Waals surface area contributed by atoms with Crippen LogP contribution in [0.1, 0.15) is 74.6 Å². The minimum atomic E-state index is -0.239. The van der Waals surface area contributed by atoms with Crippen molar-refractivity contribution in [3.05, 3.63) is 91.0 Å². The van der Waals surface area contributed by atoms with Gasteiger partial charge in [-0.2, -0.15) is 0 Å². The molecule has 0 amide bonds. The van der Waals surface area contributed by atoms with Crippen molar-refractivity contribution < 1.29 is 9.53 Å². The van der Waals surface area contributed by atoms with E-state index in [0.29, 0.717) is 34.3 Å². The van der Waals surface area contributed by atoms with E-state index in [1.54, 1.807) is 4.57 Å². The van der Waals surface area contributed by atoms with Gasteiger partial charge in [-0.15, -0.1) is 0 Å². The van der Waals surface area contributed by atoms with Crippen LogP contribution in [0.15, 0.2) is 57.1 Å². The Morgan fingerprint density at radius 3 is 2.09 bits per heavy atom. The van der Waals surface area contributed by atoms with Crippen LogP contribution in [0.3, 0.4) is 0 Å². The predicted octanol–water partition coefficient (Wildman–Crippen LogP) is 5.61. The number of hydrogen-bond acceptors (Lipinski definition) is 6. The van der Waals surface area contributed by atoms with Crippen molar-refractivity contribution >= 4 is 39.9 Å². The molecule has 0 bridgehead atoms. The summed E-state index contributed by atoms with van der Waals surface area (Å²) in [6.07, 6.45) is 12.6. The smallest absolute Gasteiger partial charge is 0.334 e. The molecule has 8 nitrogen and oxygen atoms in total. The Hall–Kier alpha value is -4.33. The van der Waals surface area contributed by atoms with E-state index in [2.05, 4.69) is 19.1 Å². The summed E-state index contributed by atoms with van der Waals surface area (Å²) in [5.41, 5.74) is 5.58. The van der Waals surface area contributed by atoms with Gasteiger partial charge in [0, 0.05) is 37.4 Å². The molecule has 0 radical (unpaired) electrons. The molecule has 1 saturated heterocycles. The average molecular weight is 601 g/mol. The number of fused-ring (bicyclic) bond motifs is 6. The third kappa shape index (κ3) is 4.21. The summed E-state index contributed by atoms with van der Waals surface area (Å²) in [6, 6.07) is 11.8. The third-order valence-corrected chi connectivity index (χ3v) is 11.4. The largest absolute Gasteiger partial charge is 0.458 e. The quantitative estimate of drug-likeness (QED) is 0.219. The van der Waals surface area contributed by atoms with Crippen molar-refractivity contribution in [2.45, 2.75) is 83.9 Å². The average Bonchev–Trinajstić information content (AvgIpc) is 3.76. The van der Waals surface area contributed by atoms with Crippen molar-refractivity contribution in [2.24, 2.45) is 17.3 Å². The standard InChI is InChI=1S/C37H36N4O4/c1-37-12-2-5-23(15-21-8-10-29-26(17-21)34(42)40-13-3-6-32(40)38-29)28(37)19-24-25(36(44)45-31(24)20-37)16-22-9-11-30-27(18-22)35(43)41-14-4-7-33(41)39-30/h8-11,15-18,24,28,31H,2-7,12-14,19-20H2,1H3/b23-15+,25-16+/t24-,28+,31-,37-/m1/s1. The van der Waals surface area contributed by atoms with Gasteiger partial charge >= 0.3 is 5.97 Å². The van der Waals surface area contributed by atoms with Crippen LogP contribution < -0.4 is 11.1 Å². The van der Waals surface area contributed by atoms with E-state index >= 15 is 0 Å². The van der Waals surface area contributed by atoms with Crippen LogP contribution in [0.5, 0.6) is 0 Å². The molecule has 228 valence electrons. The predicted molar refractivity (Wildman–Crippen MR) is 173 cm³/mol. The molecule has 2 saturated carbocycles. The molecule has 2 aromatic carbocycles. The minimum Gasteiger partial charge on any atom is -0.458 e. The minimum absolute atomic E-state index is 0.0000463. The molecule has 5 heterocycles. The Bertz CT molecular complexity index is 2140. The van der Waals surface area contributed by atoms with E-state index in [4.69, 9.17) is 14.7 Å². The van der Waals surface area contributed by atoms with Crippen molar-refractivity contribution in [2.75, 3.05) is 0 Å². The lowest BCUT2D eigenvalue weighted by Crippen LogP contribution is -2.43. The zero-order chi connectivity index (χ0) is 30.4. The second kappa shape index (κ2) is 9.83.